The van der Waals surface area contributed by atoms with E-state index < -0.39 is 0 Å². The summed E-state index contributed by atoms with van der Waals surface area (Å²) in [6, 6.07) is 8.09. The van der Waals surface area contributed by atoms with Crippen LogP contribution in [0.2, 0.25) is 0 Å². The number of benzene rings is 1. The Hall–Kier alpha value is -1.02. The maximum Gasteiger partial charge on any atom is 0.144 e. The van der Waals surface area contributed by atoms with E-state index in [0.717, 1.165) is 5.75 Å². The molecule has 0 aliphatic carbocycles. The van der Waals surface area contributed by atoms with Gasteiger partial charge in [0.2, 0.25) is 0 Å². The number of nitrogens with two attached hydrogens (primary N) is 1. The van der Waals surface area contributed by atoms with Crippen LogP contribution < -0.4 is 10.5 Å². The first kappa shape index (κ1) is 11.1. The van der Waals surface area contributed by atoms with Crippen molar-refractivity contribution < 1.29 is 4.74 Å². The highest BCUT2D eigenvalue weighted by Gasteiger charge is 2.12. The molecule has 0 saturated heterocycles. The molecule has 2 N–H and O–H groups in total. The normalized spacial score (nSPS) is 13.8. The van der Waals surface area contributed by atoms with Crippen LogP contribution >= 0.6 is 0 Å². The summed E-state index contributed by atoms with van der Waals surface area (Å²) in [4.78, 5) is 0. The van der Waals surface area contributed by atoms with Crippen LogP contribution in [0, 0.1) is 0 Å². The fourth-order valence-electron chi connectivity index (χ4n) is 1.25. The molecule has 1 atom stereocenters. The zero-order valence-corrected chi connectivity index (χ0v) is 9.37. The lowest BCUT2D eigenvalue weighted by Gasteiger charge is -2.19. The molecule has 0 aliphatic rings. The summed E-state index contributed by atoms with van der Waals surface area (Å²) in [5.74, 6) is 0.827. The molecule has 1 rings (SSSR count). The summed E-state index contributed by atoms with van der Waals surface area (Å²) in [6.45, 7) is 8.38. The quantitative estimate of drug-likeness (QED) is 0.733. The molecule has 1 unspecified atom stereocenters. The van der Waals surface area contributed by atoms with Crippen LogP contribution in [-0.2, 0) is 5.41 Å². The van der Waals surface area contributed by atoms with E-state index >= 15 is 0 Å². The summed E-state index contributed by atoms with van der Waals surface area (Å²) < 4.78 is 5.36. The molecule has 1 aromatic carbocycles. The maximum atomic E-state index is 5.53. The third-order valence-corrected chi connectivity index (χ3v) is 2.04. The Kier molecular flexibility index (Phi) is 3.17. The summed E-state index contributed by atoms with van der Waals surface area (Å²) >= 11 is 0. The molecule has 0 amide bonds. The van der Waals surface area contributed by atoms with Crippen molar-refractivity contribution in [2.24, 2.45) is 5.73 Å². The lowest BCUT2D eigenvalue weighted by atomic mass is 9.87. The fourth-order valence-corrected chi connectivity index (χ4v) is 1.25. The predicted octanol–water partition coefficient (Wildman–Crippen LogP) is 2.67. The van der Waals surface area contributed by atoms with E-state index in [9.17, 15) is 0 Å². The average molecular weight is 193 g/mol. The second-order valence-corrected chi connectivity index (χ2v) is 4.60. The lowest BCUT2D eigenvalue weighted by Crippen LogP contribution is -2.22. The second kappa shape index (κ2) is 4.01. The van der Waals surface area contributed by atoms with Crippen molar-refractivity contribution in [1.29, 1.82) is 0 Å². The van der Waals surface area contributed by atoms with Crippen molar-refractivity contribution >= 4 is 0 Å². The van der Waals surface area contributed by atoms with Crippen molar-refractivity contribution in [2.75, 3.05) is 0 Å². The van der Waals surface area contributed by atoms with Gasteiger partial charge in [0.1, 0.15) is 12.0 Å². The minimum Gasteiger partial charge on any atom is -0.476 e. The summed E-state index contributed by atoms with van der Waals surface area (Å²) in [7, 11) is 0. The first-order valence-corrected chi connectivity index (χ1v) is 4.92. The molecular formula is C12H19NO. The first-order valence-electron chi connectivity index (χ1n) is 4.92. The van der Waals surface area contributed by atoms with Crippen molar-refractivity contribution in [1.82, 2.24) is 0 Å². The van der Waals surface area contributed by atoms with Crippen LogP contribution in [0.15, 0.2) is 24.3 Å². The molecule has 2 nitrogen and oxygen atoms in total. The smallest absolute Gasteiger partial charge is 0.144 e. The number of ether oxygens (including phenoxy) is 1. The fraction of sp³-hybridized carbons (Fsp3) is 0.500. The average Bonchev–Trinajstić information content (AvgIpc) is 2.02. The Labute approximate surface area is 86.1 Å². The van der Waals surface area contributed by atoms with Gasteiger partial charge in [-0.3, -0.25) is 5.73 Å². The highest BCUT2D eigenvalue weighted by molar-refractivity contribution is 5.31. The highest BCUT2D eigenvalue weighted by Crippen LogP contribution is 2.24. The summed E-state index contributed by atoms with van der Waals surface area (Å²) in [6.07, 6.45) is -0.254. The molecule has 78 valence electrons. The Morgan fingerprint density at radius 2 is 1.64 bits per heavy atom. The van der Waals surface area contributed by atoms with Crippen LogP contribution in [0.1, 0.15) is 33.3 Å². The third kappa shape index (κ3) is 3.04. The van der Waals surface area contributed by atoms with E-state index in [-0.39, 0.29) is 11.6 Å². The van der Waals surface area contributed by atoms with Gasteiger partial charge in [0.25, 0.3) is 0 Å². The van der Waals surface area contributed by atoms with Crippen LogP contribution in [-0.4, -0.2) is 6.23 Å². The Bertz CT molecular complexity index is 282. The molecule has 0 aromatic heterocycles. The standard InChI is InChI=1S/C12H19NO/c1-9(13)14-11-7-5-10(6-8-11)12(2,3)4/h5-9H,13H2,1-4H3. The van der Waals surface area contributed by atoms with E-state index in [0.29, 0.717) is 0 Å². The minimum atomic E-state index is -0.254. The summed E-state index contributed by atoms with van der Waals surface area (Å²) in [5, 5.41) is 0. The largest absolute Gasteiger partial charge is 0.476 e. The summed E-state index contributed by atoms with van der Waals surface area (Å²) in [5.41, 5.74) is 7.01. The molecular weight excluding hydrogens is 174 g/mol. The van der Waals surface area contributed by atoms with Crippen molar-refractivity contribution in [3.05, 3.63) is 29.8 Å². The van der Waals surface area contributed by atoms with Gasteiger partial charge in [0.15, 0.2) is 0 Å². The molecule has 0 heterocycles. The SMILES string of the molecule is CC(N)Oc1ccc(C(C)(C)C)cc1. The third-order valence-electron chi connectivity index (χ3n) is 2.04. The Morgan fingerprint density at radius 1 is 1.14 bits per heavy atom. The van der Waals surface area contributed by atoms with Gasteiger partial charge in [-0.05, 0) is 30.0 Å². The monoisotopic (exact) mass is 193 g/mol. The van der Waals surface area contributed by atoms with E-state index in [1.54, 1.807) is 0 Å². The van der Waals surface area contributed by atoms with Gasteiger partial charge in [-0.15, -0.1) is 0 Å². The zero-order chi connectivity index (χ0) is 10.8. The van der Waals surface area contributed by atoms with E-state index in [1.165, 1.54) is 5.56 Å². The molecule has 0 bridgehead atoms. The molecule has 0 radical (unpaired) electrons. The van der Waals surface area contributed by atoms with Crippen LogP contribution in [0.5, 0.6) is 5.75 Å². The number of hydrogen-bond acceptors (Lipinski definition) is 2. The maximum absolute atomic E-state index is 5.53. The van der Waals surface area contributed by atoms with Gasteiger partial charge in [-0.25, -0.2) is 0 Å². The molecule has 0 aliphatic heterocycles. The van der Waals surface area contributed by atoms with Gasteiger partial charge in [0.05, 0.1) is 0 Å². The number of hydrogen-bond donors (Lipinski definition) is 1. The Morgan fingerprint density at radius 3 is 2.00 bits per heavy atom. The van der Waals surface area contributed by atoms with Crippen LogP contribution in [0.25, 0.3) is 0 Å². The molecule has 0 spiro atoms. The van der Waals surface area contributed by atoms with Gasteiger partial charge in [-0.2, -0.15) is 0 Å². The highest BCUT2D eigenvalue weighted by atomic mass is 16.5. The zero-order valence-electron chi connectivity index (χ0n) is 9.37. The molecule has 2 heteroatoms. The van der Waals surface area contributed by atoms with E-state index in [4.69, 9.17) is 10.5 Å². The lowest BCUT2D eigenvalue weighted by molar-refractivity contribution is 0.230. The van der Waals surface area contributed by atoms with Crippen molar-refractivity contribution in [2.45, 2.75) is 39.3 Å². The second-order valence-electron chi connectivity index (χ2n) is 4.60. The first-order chi connectivity index (χ1) is 6.39. The van der Waals surface area contributed by atoms with Crippen LogP contribution in [0.4, 0.5) is 0 Å². The molecule has 14 heavy (non-hydrogen) atoms. The van der Waals surface area contributed by atoms with Gasteiger partial charge < -0.3 is 4.74 Å². The Balaban J connectivity index is 2.79. The van der Waals surface area contributed by atoms with E-state index in [2.05, 4.69) is 32.9 Å². The van der Waals surface area contributed by atoms with Crippen molar-refractivity contribution in [3.63, 3.8) is 0 Å². The molecule has 0 fully saturated rings. The van der Waals surface area contributed by atoms with Gasteiger partial charge in [-0.1, -0.05) is 32.9 Å². The topological polar surface area (TPSA) is 35.2 Å². The van der Waals surface area contributed by atoms with Gasteiger partial charge >= 0.3 is 0 Å². The van der Waals surface area contributed by atoms with Gasteiger partial charge in [0, 0.05) is 0 Å². The van der Waals surface area contributed by atoms with Crippen LogP contribution in [0.3, 0.4) is 0 Å². The predicted molar refractivity (Wildman–Crippen MR) is 59.4 cm³/mol. The molecule has 1 aromatic rings. The minimum absolute atomic E-state index is 0.187. The van der Waals surface area contributed by atoms with E-state index in [1.807, 2.05) is 19.1 Å². The van der Waals surface area contributed by atoms with Crippen molar-refractivity contribution in [3.8, 4) is 5.75 Å². The number of rotatable bonds is 2. The molecule has 0 saturated carbocycles.